The van der Waals surface area contributed by atoms with Crippen molar-refractivity contribution in [2.45, 2.75) is 13.0 Å². The Morgan fingerprint density at radius 3 is 2.86 bits per heavy atom. The first-order chi connectivity index (χ1) is 17.1. The lowest BCUT2D eigenvalue weighted by Crippen LogP contribution is -2.34. The Balaban J connectivity index is 1.61. The Labute approximate surface area is 201 Å². The van der Waals surface area contributed by atoms with Gasteiger partial charge in [-0.25, -0.2) is 14.4 Å². The summed E-state index contributed by atoms with van der Waals surface area (Å²) in [5.74, 6) is -0.0893. The number of H-pyrrole nitrogens is 1. The summed E-state index contributed by atoms with van der Waals surface area (Å²) in [6.45, 7) is 0.797. The molecular weight excluding hydrogens is 451 g/mol. The Kier molecular flexibility index (Phi) is 6.01. The first-order valence-corrected chi connectivity index (χ1v) is 11.0. The van der Waals surface area contributed by atoms with Gasteiger partial charge in [0.05, 0.1) is 41.6 Å². The van der Waals surface area contributed by atoms with Crippen molar-refractivity contribution in [3.8, 4) is 22.8 Å². The number of aromatic nitrogens is 4. The van der Waals surface area contributed by atoms with Crippen LogP contribution >= 0.6 is 0 Å². The molecule has 0 bridgehead atoms. The van der Waals surface area contributed by atoms with Gasteiger partial charge >= 0.3 is 0 Å². The van der Waals surface area contributed by atoms with Crippen LogP contribution in [0, 0.1) is 5.82 Å². The number of rotatable bonds is 7. The molecule has 3 aromatic heterocycles. The van der Waals surface area contributed by atoms with Crippen molar-refractivity contribution in [3.63, 3.8) is 0 Å². The van der Waals surface area contributed by atoms with E-state index >= 15 is 0 Å². The van der Waals surface area contributed by atoms with Crippen LogP contribution in [0.15, 0.2) is 55.2 Å². The van der Waals surface area contributed by atoms with E-state index in [2.05, 4.69) is 25.3 Å². The molecule has 4 heterocycles. The molecule has 2 N–H and O–H groups in total. The molecule has 0 unspecified atom stereocenters. The smallest absolute Gasteiger partial charge is 0.257 e. The highest BCUT2D eigenvalue weighted by Crippen LogP contribution is 2.42. The molecule has 35 heavy (non-hydrogen) atoms. The van der Waals surface area contributed by atoms with Gasteiger partial charge in [-0.3, -0.25) is 9.78 Å². The Morgan fingerprint density at radius 1 is 1.20 bits per heavy atom. The maximum atomic E-state index is 14.4. The number of aromatic amines is 1. The third kappa shape index (κ3) is 4.25. The molecule has 1 aliphatic heterocycles. The van der Waals surface area contributed by atoms with Crippen LogP contribution < -0.4 is 14.8 Å². The van der Waals surface area contributed by atoms with E-state index in [4.69, 9.17) is 9.47 Å². The second-order valence-electron chi connectivity index (χ2n) is 8.01. The molecule has 0 saturated heterocycles. The molecule has 1 aliphatic rings. The maximum absolute atomic E-state index is 14.4. The lowest BCUT2D eigenvalue weighted by Gasteiger charge is -2.23. The van der Waals surface area contributed by atoms with Crippen LogP contribution in [0.4, 0.5) is 15.8 Å². The first-order valence-electron chi connectivity index (χ1n) is 11.0. The van der Waals surface area contributed by atoms with Gasteiger partial charge in [-0.1, -0.05) is 6.07 Å². The summed E-state index contributed by atoms with van der Waals surface area (Å²) in [5.41, 5.74) is 4.23. The fraction of sp³-hybridized carbons (Fsp3) is 0.200. The van der Waals surface area contributed by atoms with Crippen LogP contribution in [0.25, 0.3) is 11.3 Å². The molecule has 0 saturated carbocycles. The fourth-order valence-electron chi connectivity index (χ4n) is 4.08. The minimum absolute atomic E-state index is 0.0555. The number of halogens is 1. The van der Waals surface area contributed by atoms with Crippen LogP contribution in [-0.4, -0.2) is 51.4 Å². The molecule has 4 aromatic rings. The molecule has 178 valence electrons. The number of fused-ring (bicyclic) bond motifs is 1. The van der Waals surface area contributed by atoms with Crippen molar-refractivity contribution in [3.05, 3.63) is 78.0 Å². The largest absolute Gasteiger partial charge is 0.492 e. The van der Waals surface area contributed by atoms with E-state index in [0.29, 0.717) is 52.6 Å². The lowest BCUT2D eigenvalue weighted by atomic mass is 10.0. The standard InChI is InChI=1S/C25H23FN6O3/c1-32-11-8-18-21(25(32)33)23(31-19-5-3-4-17(26)24(19)34-2)22(30-18)16-7-10-27-12-20(16)35-13-15-6-9-28-14-29-15/h3-7,9-10,12,14,30-31H,8,11,13H2,1-2H3. The van der Waals surface area contributed by atoms with E-state index in [-0.39, 0.29) is 18.3 Å². The van der Waals surface area contributed by atoms with E-state index in [1.165, 1.54) is 19.5 Å². The van der Waals surface area contributed by atoms with Crippen molar-refractivity contribution in [1.29, 1.82) is 0 Å². The van der Waals surface area contributed by atoms with Crippen molar-refractivity contribution < 1.29 is 18.7 Å². The average molecular weight is 474 g/mol. The predicted molar refractivity (Wildman–Crippen MR) is 127 cm³/mol. The zero-order valence-electron chi connectivity index (χ0n) is 19.2. The SMILES string of the molecule is COc1c(F)cccc1Nc1c(-c2ccncc2OCc2ccncn2)[nH]c2c1C(=O)N(C)CC2. The van der Waals surface area contributed by atoms with Crippen LogP contribution in [-0.2, 0) is 13.0 Å². The van der Waals surface area contributed by atoms with E-state index < -0.39 is 5.82 Å². The van der Waals surface area contributed by atoms with E-state index in [0.717, 1.165) is 5.69 Å². The second-order valence-corrected chi connectivity index (χ2v) is 8.01. The molecule has 0 fully saturated rings. The quantitative estimate of drug-likeness (QED) is 0.418. The number of carbonyl (C=O) groups excluding carboxylic acids is 1. The number of benzene rings is 1. The number of carbonyl (C=O) groups is 1. The van der Waals surface area contributed by atoms with Crippen LogP contribution in [0.5, 0.6) is 11.5 Å². The predicted octanol–water partition coefficient (Wildman–Crippen LogP) is 3.97. The molecule has 5 rings (SSSR count). The number of amides is 1. The number of hydrogen-bond donors (Lipinski definition) is 2. The number of hydrogen-bond acceptors (Lipinski definition) is 7. The first kappa shape index (κ1) is 22.3. The highest BCUT2D eigenvalue weighted by Gasteiger charge is 2.31. The normalized spacial score (nSPS) is 12.9. The molecule has 10 heteroatoms. The van der Waals surface area contributed by atoms with Crippen molar-refractivity contribution in [1.82, 2.24) is 24.8 Å². The van der Waals surface area contributed by atoms with Crippen LogP contribution in [0.2, 0.25) is 0 Å². The Hall–Kier alpha value is -4.47. The van der Waals surface area contributed by atoms with Gasteiger partial charge < -0.3 is 24.7 Å². The van der Waals surface area contributed by atoms with Gasteiger partial charge in [0, 0.05) is 43.7 Å². The summed E-state index contributed by atoms with van der Waals surface area (Å²) in [5, 5.41) is 3.25. The number of methoxy groups -OCH3 is 1. The number of pyridine rings is 1. The van der Waals surface area contributed by atoms with Gasteiger partial charge in [-0.2, -0.15) is 0 Å². The highest BCUT2D eigenvalue weighted by molar-refractivity contribution is 6.06. The molecular formula is C25H23FN6O3. The van der Waals surface area contributed by atoms with Crippen LogP contribution in [0.1, 0.15) is 21.7 Å². The van der Waals surface area contributed by atoms with Gasteiger partial charge in [-0.15, -0.1) is 0 Å². The number of para-hydroxylation sites is 1. The number of anilines is 2. The zero-order valence-corrected chi connectivity index (χ0v) is 19.2. The summed E-state index contributed by atoms with van der Waals surface area (Å²) in [6, 6.07) is 8.16. The van der Waals surface area contributed by atoms with Crippen molar-refractivity contribution in [2.24, 2.45) is 0 Å². The van der Waals surface area contributed by atoms with E-state index in [1.807, 2.05) is 0 Å². The molecule has 0 aliphatic carbocycles. The summed E-state index contributed by atoms with van der Waals surface area (Å²) >= 11 is 0. The van der Waals surface area contributed by atoms with Gasteiger partial charge in [0.15, 0.2) is 11.6 Å². The topological polar surface area (TPSA) is 105 Å². The monoisotopic (exact) mass is 474 g/mol. The maximum Gasteiger partial charge on any atom is 0.257 e. The number of nitrogens with zero attached hydrogens (tertiary/aromatic N) is 4. The van der Waals surface area contributed by atoms with Crippen molar-refractivity contribution >= 4 is 17.3 Å². The molecule has 1 aromatic carbocycles. The number of nitrogens with one attached hydrogen (secondary N) is 2. The summed E-state index contributed by atoms with van der Waals surface area (Å²) in [4.78, 5) is 30.6. The van der Waals surface area contributed by atoms with E-state index in [1.54, 1.807) is 54.8 Å². The fourth-order valence-corrected chi connectivity index (χ4v) is 4.08. The summed E-state index contributed by atoms with van der Waals surface area (Å²) in [6.07, 6.45) is 7.00. The molecule has 1 amide bonds. The Bertz CT molecular complexity index is 1380. The van der Waals surface area contributed by atoms with Gasteiger partial charge in [0.2, 0.25) is 0 Å². The lowest BCUT2D eigenvalue weighted by molar-refractivity contribution is 0.0781. The molecule has 0 radical (unpaired) electrons. The van der Waals surface area contributed by atoms with E-state index in [9.17, 15) is 9.18 Å². The van der Waals surface area contributed by atoms with Crippen LogP contribution in [0.3, 0.4) is 0 Å². The third-order valence-corrected chi connectivity index (χ3v) is 5.84. The molecule has 0 atom stereocenters. The number of likely N-dealkylation sites (N-methyl/N-ethyl adjacent to an activating group) is 1. The van der Waals surface area contributed by atoms with Gasteiger partial charge in [0.25, 0.3) is 5.91 Å². The van der Waals surface area contributed by atoms with Gasteiger partial charge in [-0.05, 0) is 24.3 Å². The van der Waals surface area contributed by atoms with Gasteiger partial charge in [0.1, 0.15) is 18.7 Å². The second kappa shape index (κ2) is 9.41. The zero-order chi connectivity index (χ0) is 24.4. The summed E-state index contributed by atoms with van der Waals surface area (Å²) < 4.78 is 25.7. The van der Waals surface area contributed by atoms with Crippen molar-refractivity contribution in [2.75, 3.05) is 26.0 Å². The molecule has 0 spiro atoms. The average Bonchev–Trinajstić information content (AvgIpc) is 3.24. The molecule has 9 nitrogen and oxygen atoms in total. The highest BCUT2D eigenvalue weighted by atomic mass is 19.1. The minimum atomic E-state index is -0.510. The minimum Gasteiger partial charge on any atom is -0.492 e. The summed E-state index contributed by atoms with van der Waals surface area (Å²) in [7, 11) is 3.16. The Morgan fingerprint density at radius 2 is 2.06 bits per heavy atom. The number of ether oxygens (including phenoxy) is 2. The third-order valence-electron chi connectivity index (χ3n) is 5.84.